The van der Waals surface area contributed by atoms with Crippen LogP contribution >= 0.6 is 0 Å². The van der Waals surface area contributed by atoms with E-state index in [2.05, 4.69) is 423 Å². The average Bonchev–Trinajstić information content (AvgIpc) is 2.90. The quantitative estimate of drug-likeness (QED) is 0.161. The third kappa shape index (κ3) is 1010000. The van der Waals surface area contributed by atoms with Gasteiger partial charge in [-0.2, -0.15) is 0 Å². The summed E-state index contributed by atoms with van der Waals surface area (Å²) in [6, 6.07) is 0. The van der Waals surface area contributed by atoms with Crippen molar-refractivity contribution in [2.45, 2.75) is 0 Å². The minimum Gasteiger partial charge on any atom is -0.907 e. The summed E-state index contributed by atoms with van der Waals surface area (Å²) < 4.78 is 15.0. The molecule has 0 bridgehead atoms. The third-order valence-corrected chi connectivity index (χ3v) is 0. The highest BCUT2D eigenvalue weighted by atomic mass is 16.5. The fourth-order valence-corrected chi connectivity index (χ4v) is 0. The fourth-order valence-electron chi connectivity index (χ4n) is 0. The third-order valence-electron chi connectivity index (χ3n) is 0. The van der Waals surface area contributed by atoms with E-state index in [1.54, 1.807) is 0 Å². The van der Waals surface area contributed by atoms with Gasteiger partial charge in [-0.25, -0.2) is 0 Å². The lowest BCUT2D eigenvalue weighted by atomic mass is 10.3. The molecule has 0 aliphatic carbocycles. The summed E-state index contributed by atoms with van der Waals surface area (Å²) in [6.07, 6.45) is 0. The van der Waals surface area contributed by atoms with E-state index in [0.29, 0.717) is 0 Å². The minimum atomic E-state index is -2.92. The van der Waals surface area contributed by atoms with Gasteiger partial charge in [-0.15, -0.1) is 0 Å². The van der Waals surface area contributed by atoms with Crippen LogP contribution in [-0.4, -0.2) is 527 Å². The summed E-state index contributed by atoms with van der Waals surface area (Å²) in [5.41, 5.74) is 0. The monoisotopic (exact) mass is 1410 g/mol. The van der Waals surface area contributed by atoms with Gasteiger partial charge in [0.15, 0.2) is 0 Å². The SMILES string of the molecule is C[N+](C)(C)C.C[N+](C)(C)C.C[N+](C)(C)C.C[N+](C)(C)C.C[N+](C)(C)C.C[N+](C)(C)C.C[N+](C)(C)C.C[N+](C)(C)C.C[N+](C)(C)C.C[N+](C)(C)C.C[N+](C)(C)C.C[N+](C)(C)C.C[N+](C)(C)C.C[N+](C)(C)C.C[N+](C)(C)C.[O-]B([O-])[O-].[O-]B([O-])[O-].[O-]B([O-])[O-].[O-]B([O-])[O-].[O-]B([O-])[O-]. The van der Waals surface area contributed by atoms with Crippen LogP contribution < -0.4 is 75.4 Å². The molecule has 0 unspecified atom stereocenters. The molecule has 95 heavy (non-hydrogen) atoms. The zero-order valence-electron chi connectivity index (χ0n) is 75.7. The van der Waals surface area contributed by atoms with Gasteiger partial charge in [0, 0.05) is 0 Å². The van der Waals surface area contributed by atoms with Crippen molar-refractivity contribution in [2.24, 2.45) is 0 Å². The van der Waals surface area contributed by atoms with Crippen LogP contribution in [0.15, 0.2) is 0 Å². The smallest absolute Gasteiger partial charge is 0.0675 e. The topological polar surface area (TPSA) is 346 Å². The number of nitrogens with zero attached hydrogens (tertiary/aromatic N) is 15. The standard InChI is InChI=1S/15C4H12N.5BO3/c15*1-5(2,3)4;5*2-1(3)4/h15*1-4H3;;;;;/q15*+1;5*-3. The van der Waals surface area contributed by atoms with E-state index in [1.807, 2.05) is 0 Å². The van der Waals surface area contributed by atoms with Crippen molar-refractivity contribution < 1.29 is 143 Å². The van der Waals surface area contributed by atoms with Crippen molar-refractivity contribution in [1.29, 1.82) is 0 Å². The zero-order valence-corrected chi connectivity index (χ0v) is 75.7. The molecule has 0 rings (SSSR count). The molecule has 0 aliphatic rings. The zero-order chi connectivity index (χ0) is 85.4. The van der Waals surface area contributed by atoms with Crippen molar-refractivity contribution in [2.75, 3.05) is 423 Å². The molecule has 0 aromatic heterocycles. The van der Waals surface area contributed by atoms with E-state index in [0.717, 1.165) is 67.2 Å². The first-order valence-corrected chi connectivity index (χ1v) is 30.4. The highest BCUT2D eigenvalue weighted by Crippen LogP contribution is 1.80. The molecule has 0 aromatic rings. The molecule has 0 saturated heterocycles. The van der Waals surface area contributed by atoms with Gasteiger partial charge in [0.1, 0.15) is 0 Å². The van der Waals surface area contributed by atoms with Gasteiger partial charge in [0.05, 0.1) is 423 Å². The van der Waals surface area contributed by atoms with Gasteiger partial charge in [-0.3, -0.25) is 36.6 Å². The minimum absolute atomic E-state index is 1.00. The number of hydrogen-bond acceptors (Lipinski definition) is 15. The first kappa shape index (κ1) is 149. The van der Waals surface area contributed by atoms with Crippen LogP contribution in [0.3, 0.4) is 0 Å². The lowest BCUT2D eigenvalue weighted by Crippen LogP contribution is -2.56. The molecule has 600 valence electrons. The largest absolute Gasteiger partial charge is 0.907 e. The van der Waals surface area contributed by atoms with Gasteiger partial charge in [-0.05, 0) is 0 Å². The van der Waals surface area contributed by atoms with E-state index in [1.165, 1.54) is 0 Å². The Morgan fingerprint density at radius 3 is 0.0842 bits per heavy atom. The van der Waals surface area contributed by atoms with Crippen LogP contribution in [0.4, 0.5) is 0 Å². The fraction of sp³-hybridized carbons (Fsp3) is 1.00. The van der Waals surface area contributed by atoms with Gasteiger partial charge in [-0.1, -0.05) is 0 Å². The molecular formula is C60H180B5N15O15. The second-order valence-electron chi connectivity index (χ2n) is 41.7. The van der Waals surface area contributed by atoms with Crippen LogP contribution in [0.25, 0.3) is 0 Å². The Morgan fingerprint density at radius 2 is 0.0842 bits per heavy atom. The second-order valence-corrected chi connectivity index (χ2v) is 41.7. The maximum Gasteiger partial charge on any atom is 0.0675 e. The Kier molecular flexibility index (Phi) is 114. The molecule has 0 fully saturated rings. The molecule has 0 spiro atoms. The molecule has 0 aliphatic heterocycles. The van der Waals surface area contributed by atoms with E-state index >= 15 is 0 Å². The molecule has 35 heteroatoms. The van der Waals surface area contributed by atoms with Gasteiger partial charge < -0.3 is 143 Å². The van der Waals surface area contributed by atoms with Crippen molar-refractivity contribution >= 4 is 36.6 Å². The molecule has 0 heterocycles. The molecule has 0 aromatic carbocycles. The van der Waals surface area contributed by atoms with Gasteiger partial charge in [0.2, 0.25) is 0 Å². The highest BCUT2D eigenvalue weighted by molar-refractivity contribution is 6.24. The van der Waals surface area contributed by atoms with Crippen LogP contribution in [0.1, 0.15) is 0 Å². The maximum absolute atomic E-state index is 8.42. The Labute approximate surface area is 599 Å². The van der Waals surface area contributed by atoms with Crippen LogP contribution in [0.2, 0.25) is 0 Å². The molecule has 30 nitrogen and oxygen atoms in total. The van der Waals surface area contributed by atoms with Crippen LogP contribution in [-0.2, 0) is 0 Å². The molecule has 0 amide bonds. The lowest BCUT2D eigenvalue weighted by Gasteiger charge is -2.35. The molecule has 0 N–H and O–H groups in total. The van der Waals surface area contributed by atoms with E-state index in [4.69, 9.17) is 75.4 Å². The Bertz CT molecular complexity index is 908. The summed E-state index contributed by atoms with van der Waals surface area (Å²) >= 11 is 0. The summed E-state index contributed by atoms with van der Waals surface area (Å²) in [5, 5.41) is 126. The number of hydrogen-bond donors (Lipinski definition) is 0. The van der Waals surface area contributed by atoms with Crippen molar-refractivity contribution in [3.8, 4) is 0 Å². The highest BCUT2D eigenvalue weighted by Gasteiger charge is 1.95. The molecule has 0 atom stereocenters. The summed E-state index contributed by atoms with van der Waals surface area (Å²) in [5.74, 6) is 0. The van der Waals surface area contributed by atoms with Crippen molar-refractivity contribution in [3.05, 3.63) is 0 Å². The van der Waals surface area contributed by atoms with Gasteiger partial charge in [0.25, 0.3) is 0 Å². The van der Waals surface area contributed by atoms with Crippen LogP contribution in [0, 0.1) is 0 Å². The molecule has 0 saturated carbocycles. The number of rotatable bonds is 0. The van der Waals surface area contributed by atoms with Gasteiger partial charge >= 0.3 is 0 Å². The van der Waals surface area contributed by atoms with Crippen molar-refractivity contribution in [3.63, 3.8) is 0 Å². The molecule has 0 radical (unpaired) electrons. The Hall–Kier alpha value is -0.875. The predicted molar refractivity (Wildman–Crippen MR) is 388 cm³/mol. The van der Waals surface area contributed by atoms with E-state index < -0.39 is 36.6 Å². The number of quaternary nitrogens is 15. The summed E-state index contributed by atoms with van der Waals surface area (Å²) in [6.45, 7) is 0. The van der Waals surface area contributed by atoms with Crippen molar-refractivity contribution in [1.82, 2.24) is 0 Å². The Balaban J connectivity index is -0.0000000346. The first-order chi connectivity index (χ1) is 38.7. The van der Waals surface area contributed by atoms with Crippen LogP contribution in [0.5, 0.6) is 0 Å². The average molecular weight is 1410 g/mol. The van der Waals surface area contributed by atoms with E-state index in [9.17, 15) is 0 Å². The summed E-state index contributed by atoms with van der Waals surface area (Å²) in [7, 11) is 113. The molecular weight excluding hydrogens is 1220 g/mol. The first-order valence-electron chi connectivity index (χ1n) is 30.4. The second kappa shape index (κ2) is 72.9. The normalized spacial score (nSPS) is 10.9. The Morgan fingerprint density at radius 1 is 0.0842 bits per heavy atom. The predicted octanol–water partition coefficient (Wildman–Crippen LogP) is -14.9. The lowest BCUT2D eigenvalue weighted by molar-refractivity contribution is -0.849. The summed E-state index contributed by atoms with van der Waals surface area (Å²) in [4.78, 5) is 0. The maximum atomic E-state index is 8.42. The van der Waals surface area contributed by atoms with E-state index in [-0.39, 0.29) is 0 Å².